The van der Waals surface area contributed by atoms with E-state index in [-0.39, 0.29) is 24.3 Å². The standard InChI is InChI=1S/C22H18F6O4/c1-3-31-19(29)17(13-5-9-15(10-6-13)21(23,24)25)18(20(30)32-4-2)14-7-11-16(12-8-14)22(26,27)28/h5-12H,3-4H2,1-2H3/b18-17+. The molecule has 2 aromatic rings. The Balaban J connectivity index is 2.76. The van der Waals surface area contributed by atoms with Crippen molar-refractivity contribution in [3.63, 3.8) is 0 Å². The largest absolute Gasteiger partial charge is 0.462 e. The molecule has 0 aromatic heterocycles. The van der Waals surface area contributed by atoms with Gasteiger partial charge in [0.1, 0.15) is 0 Å². The number of carbonyl (C=O) groups excluding carboxylic acids is 2. The zero-order chi connectivity index (χ0) is 24.1. The first-order valence-electron chi connectivity index (χ1n) is 9.33. The number of hydrogen-bond donors (Lipinski definition) is 0. The minimum Gasteiger partial charge on any atom is -0.462 e. The third-order valence-electron chi connectivity index (χ3n) is 4.21. The van der Waals surface area contributed by atoms with E-state index in [4.69, 9.17) is 9.47 Å². The number of hydrogen-bond acceptors (Lipinski definition) is 4. The Morgan fingerprint density at radius 3 is 1.12 bits per heavy atom. The van der Waals surface area contributed by atoms with E-state index in [0.717, 1.165) is 24.3 Å². The second-order valence-electron chi connectivity index (χ2n) is 6.34. The van der Waals surface area contributed by atoms with Gasteiger partial charge in [-0.15, -0.1) is 0 Å². The topological polar surface area (TPSA) is 52.6 Å². The molecule has 0 amide bonds. The summed E-state index contributed by atoms with van der Waals surface area (Å²) in [5.41, 5.74) is -3.04. The second kappa shape index (κ2) is 9.88. The van der Waals surface area contributed by atoms with Crippen LogP contribution in [0.4, 0.5) is 26.3 Å². The zero-order valence-corrected chi connectivity index (χ0v) is 16.9. The van der Waals surface area contributed by atoms with E-state index in [9.17, 15) is 35.9 Å². The number of benzene rings is 2. The average Bonchev–Trinajstić information content (AvgIpc) is 2.71. The summed E-state index contributed by atoms with van der Waals surface area (Å²) in [7, 11) is 0. The number of alkyl halides is 6. The van der Waals surface area contributed by atoms with Gasteiger partial charge >= 0.3 is 24.3 Å². The van der Waals surface area contributed by atoms with Gasteiger partial charge in [0.2, 0.25) is 0 Å². The summed E-state index contributed by atoms with van der Waals surface area (Å²) in [6.45, 7) is 2.72. The SMILES string of the molecule is CCOC(=O)/C(=C(/C(=O)OCC)c1ccc(C(F)(F)F)cc1)c1ccc(C(F)(F)F)cc1. The molecule has 0 N–H and O–H groups in total. The minimum atomic E-state index is -4.64. The van der Waals surface area contributed by atoms with Crippen molar-refractivity contribution in [1.29, 1.82) is 0 Å². The highest BCUT2D eigenvalue weighted by Gasteiger charge is 2.33. The molecule has 0 aliphatic carbocycles. The molecule has 0 fully saturated rings. The molecule has 0 heterocycles. The highest BCUT2D eigenvalue weighted by Crippen LogP contribution is 2.35. The molecule has 4 nitrogen and oxygen atoms in total. The fourth-order valence-corrected chi connectivity index (χ4v) is 2.79. The molecule has 0 aliphatic heterocycles. The summed E-state index contributed by atoms with van der Waals surface area (Å²) >= 11 is 0. The van der Waals surface area contributed by atoms with Gasteiger partial charge in [-0.1, -0.05) is 24.3 Å². The molecular weight excluding hydrogens is 442 g/mol. The van der Waals surface area contributed by atoms with E-state index >= 15 is 0 Å². The molecule has 2 rings (SSSR count). The van der Waals surface area contributed by atoms with Gasteiger partial charge in [0, 0.05) is 0 Å². The molecule has 10 heteroatoms. The monoisotopic (exact) mass is 460 g/mol. The van der Waals surface area contributed by atoms with Crippen LogP contribution in [0.15, 0.2) is 48.5 Å². The average molecular weight is 460 g/mol. The molecule has 0 radical (unpaired) electrons. The first kappa shape index (κ1) is 25.0. The van der Waals surface area contributed by atoms with Crippen LogP contribution in [-0.2, 0) is 31.4 Å². The van der Waals surface area contributed by atoms with Crippen LogP contribution in [0.5, 0.6) is 0 Å². The van der Waals surface area contributed by atoms with Gasteiger partial charge in [0.05, 0.1) is 35.5 Å². The summed E-state index contributed by atoms with van der Waals surface area (Å²) < 4.78 is 87.4. The number of carbonyl (C=O) groups is 2. The number of halogens is 6. The molecule has 0 spiro atoms. The molecule has 2 aromatic carbocycles. The summed E-state index contributed by atoms with van der Waals surface area (Å²) in [5.74, 6) is -2.09. The smallest absolute Gasteiger partial charge is 0.416 e. The van der Waals surface area contributed by atoms with Crippen LogP contribution in [0.3, 0.4) is 0 Å². The van der Waals surface area contributed by atoms with Crippen molar-refractivity contribution >= 4 is 23.1 Å². The van der Waals surface area contributed by atoms with Gasteiger partial charge in [-0.05, 0) is 49.2 Å². The summed E-state index contributed by atoms with van der Waals surface area (Å²) in [6.07, 6.45) is -9.27. The Kier molecular flexibility index (Phi) is 7.71. The summed E-state index contributed by atoms with van der Waals surface area (Å²) in [5, 5.41) is 0. The van der Waals surface area contributed by atoms with Crippen molar-refractivity contribution < 1.29 is 45.4 Å². The van der Waals surface area contributed by atoms with Gasteiger partial charge in [0.15, 0.2) is 0 Å². The second-order valence-corrected chi connectivity index (χ2v) is 6.34. The quantitative estimate of drug-likeness (QED) is 0.238. The summed E-state index contributed by atoms with van der Waals surface area (Å²) in [4.78, 5) is 25.4. The van der Waals surface area contributed by atoms with Crippen LogP contribution in [0, 0.1) is 0 Å². The maximum Gasteiger partial charge on any atom is 0.416 e. The van der Waals surface area contributed by atoms with Gasteiger partial charge in [0.25, 0.3) is 0 Å². The Labute approximate surface area is 179 Å². The van der Waals surface area contributed by atoms with Crippen molar-refractivity contribution in [2.45, 2.75) is 26.2 Å². The molecule has 0 saturated carbocycles. The lowest BCUT2D eigenvalue weighted by atomic mass is 9.93. The molecule has 172 valence electrons. The van der Waals surface area contributed by atoms with Crippen LogP contribution in [0.25, 0.3) is 11.1 Å². The van der Waals surface area contributed by atoms with E-state index in [0.29, 0.717) is 24.3 Å². The predicted molar refractivity (Wildman–Crippen MR) is 103 cm³/mol. The van der Waals surface area contributed by atoms with Gasteiger partial charge < -0.3 is 9.47 Å². The Morgan fingerprint density at radius 1 is 0.625 bits per heavy atom. The minimum absolute atomic E-state index is 0.0978. The van der Waals surface area contributed by atoms with Gasteiger partial charge in [-0.3, -0.25) is 0 Å². The zero-order valence-electron chi connectivity index (χ0n) is 16.9. The molecule has 0 bridgehead atoms. The Morgan fingerprint density at radius 2 is 0.906 bits per heavy atom. The highest BCUT2D eigenvalue weighted by atomic mass is 19.4. The normalized spacial score (nSPS) is 12.8. The van der Waals surface area contributed by atoms with Crippen LogP contribution in [0.2, 0.25) is 0 Å². The van der Waals surface area contributed by atoms with E-state index < -0.39 is 46.6 Å². The van der Waals surface area contributed by atoms with Crippen molar-refractivity contribution in [1.82, 2.24) is 0 Å². The van der Waals surface area contributed by atoms with Crippen LogP contribution in [-0.4, -0.2) is 25.2 Å². The van der Waals surface area contributed by atoms with E-state index in [2.05, 4.69) is 0 Å². The van der Waals surface area contributed by atoms with Crippen LogP contribution < -0.4 is 0 Å². The third-order valence-corrected chi connectivity index (χ3v) is 4.21. The maximum atomic E-state index is 12.9. The van der Waals surface area contributed by atoms with E-state index in [1.54, 1.807) is 0 Å². The lowest BCUT2D eigenvalue weighted by molar-refractivity contribution is -0.138. The lowest BCUT2D eigenvalue weighted by Crippen LogP contribution is -2.16. The van der Waals surface area contributed by atoms with Gasteiger partial charge in [-0.25, -0.2) is 9.59 Å². The fraction of sp³-hybridized carbons (Fsp3) is 0.273. The molecular formula is C22H18F6O4. The number of rotatable bonds is 6. The van der Waals surface area contributed by atoms with Gasteiger partial charge in [-0.2, -0.15) is 26.3 Å². The van der Waals surface area contributed by atoms with E-state index in [1.807, 2.05) is 0 Å². The fourth-order valence-electron chi connectivity index (χ4n) is 2.79. The first-order chi connectivity index (χ1) is 14.9. The number of esters is 2. The van der Waals surface area contributed by atoms with Crippen LogP contribution >= 0.6 is 0 Å². The van der Waals surface area contributed by atoms with Crippen molar-refractivity contribution in [2.75, 3.05) is 13.2 Å². The molecule has 0 saturated heterocycles. The summed E-state index contributed by atoms with van der Waals surface area (Å²) in [6, 6.07) is 6.73. The van der Waals surface area contributed by atoms with Crippen molar-refractivity contribution in [2.24, 2.45) is 0 Å². The maximum absolute atomic E-state index is 12.9. The van der Waals surface area contributed by atoms with Crippen molar-refractivity contribution in [3.8, 4) is 0 Å². The lowest BCUT2D eigenvalue weighted by Gasteiger charge is -2.16. The molecule has 0 aliphatic rings. The van der Waals surface area contributed by atoms with Crippen molar-refractivity contribution in [3.05, 3.63) is 70.8 Å². The van der Waals surface area contributed by atoms with E-state index in [1.165, 1.54) is 13.8 Å². The highest BCUT2D eigenvalue weighted by molar-refractivity contribution is 6.37. The molecule has 0 unspecified atom stereocenters. The Hall–Kier alpha value is -3.30. The van der Waals surface area contributed by atoms with Crippen LogP contribution in [0.1, 0.15) is 36.1 Å². The predicted octanol–water partition coefficient (Wildman–Crippen LogP) is 5.76. The number of ether oxygens (including phenoxy) is 2. The Bertz CT molecular complexity index is 906. The third kappa shape index (κ3) is 5.89. The first-order valence-corrected chi connectivity index (χ1v) is 9.33. The molecule has 32 heavy (non-hydrogen) atoms. The molecule has 0 atom stereocenters.